The fraction of sp³-hybridized carbons (Fsp3) is 0.368. The molecule has 1 unspecified atom stereocenters. The van der Waals surface area contributed by atoms with Crippen LogP contribution < -0.4 is 10.6 Å². The van der Waals surface area contributed by atoms with Gasteiger partial charge in [-0.15, -0.1) is 0 Å². The first-order valence-electron chi connectivity index (χ1n) is 9.27. The van der Waals surface area contributed by atoms with Crippen LogP contribution in [-0.4, -0.2) is 30.6 Å². The molecule has 2 heterocycles. The summed E-state index contributed by atoms with van der Waals surface area (Å²) in [6, 6.07) is 3.62. The van der Waals surface area contributed by atoms with Gasteiger partial charge in [0.2, 0.25) is 0 Å². The lowest BCUT2D eigenvalue weighted by molar-refractivity contribution is -0.402. The average Bonchev–Trinajstić information content (AvgIpc) is 3.20. The van der Waals surface area contributed by atoms with Gasteiger partial charge in [-0.3, -0.25) is 0 Å². The summed E-state index contributed by atoms with van der Waals surface area (Å²) in [6.45, 7) is 0. The van der Waals surface area contributed by atoms with Crippen LogP contribution in [0.3, 0.4) is 0 Å². The zero-order valence-electron chi connectivity index (χ0n) is 16.7. The van der Waals surface area contributed by atoms with E-state index in [-0.39, 0.29) is 12.1 Å². The number of benzene rings is 2. The summed E-state index contributed by atoms with van der Waals surface area (Å²) in [4.78, 5) is 0. The van der Waals surface area contributed by atoms with E-state index in [4.69, 9.17) is 0 Å². The monoisotopic (exact) mass is 565 g/mol. The highest BCUT2D eigenvalue weighted by atomic mass is 31.2. The molecule has 2 atom stereocenters. The Morgan fingerprint density at radius 3 is 1.19 bits per heavy atom. The Balaban J connectivity index is 2.17. The number of hydrogen-bond donors (Lipinski definition) is 0. The maximum atomic E-state index is 14.7. The minimum absolute atomic E-state index is 0.0599. The van der Waals surface area contributed by atoms with Gasteiger partial charge in [-0.05, 0) is 12.1 Å². The van der Waals surface area contributed by atoms with Crippen molar-refractivity contribution >= 4 is 18.3 Å². The van der Waals surface area contributed by atoms with Crippen molar-refractivity contribution in [2.75, 3.05) is 0 Å². The Kier molecular flexibility index (Phi) is 5.39. The van der Waals surface area contributed by atoms with Crippen LogP contribution in [0.15, 0.2) is 48.5 Å². The summed E-state index contributed by atoms with van der Waals surface area (Å²) in [5.74, 6) is -6.88. The molecule has 2 aromatic carbocycles. The number of alkyl halides is 14. The Morgan fingerprint density at radius 1 is 0.500 bits per heavy atom. The van der Waals surface area contributed by atoms with Gasteiger partial charge < -0.3 is 0 Å². The number of halogens is 14. The Morgan fingerprint density at radius 2 is 0.833 bits per heavy atom. The molecule has 36 heavy (non-hydrogen) atoms. The van der Waals surface area contributed by atoms with E-state index in [0.717, 1.165) is 12.1 Å². The summed E-state index contributed by atoms with van der Waals surface area (Å²) in [6.07, 6.45) is -26.6. The highest BCUT2D eigenvalue weighted by molar-refractivity contribution is 7.82. The first-order chi connectivity index (χ1) is 16.1. The van der Waals surface area contributed by atoms with Gasteiger partial charge in [0, 0.05) is 0 Å². The zero-order chi connectivity index (χ0) is 27.4. The highest BCUT2D eigenvalue weighted by Crippen LogP contribution is 2.81. The van der Waals surface area contributed by atoms with Crippen LogP contribution in [0.25, 0.3) is 0 Å². The molecule has 2 aliphatic rings. The molecule has 0 saturated heterocycles. The van der Waals surface area contributed by atoms with Gasteiger partial charge in [0.05, 0.1) is 11.1 Å². The van der Waals surface area contributed by atoms with Gasteiger partial charge in [0.15, 0.2) is 10.6 Å². The van der Waals surface area contributed by atoms with Gasteiger partial charge in [-0.2, -0.15) is 70.5 Å². The molecule has 0 saturated carbocycles. The Bertz CT molecular complexity index is 1180. The second-order valence-electron chi connectivity index (χ2n) is 7.70. The second kappa shape index (κ2) is 7.22. The van der Waals surface area contributed by atoms with Crippen LogP contribution in [0.4, 0.5) is 61.5 Å². The smallest absolute Gasteiger partial charge is 0.192 e. The molecule has 0 bridgehead atoms. The van der Waals surface area contributed by atoms with Crippen molar-refractivity contribution < 1.29 is 70.5 Å². The molecule has 17 heteroatoms. The highest BCUT2D eigenvalue weighted by Gasteiger charge is 2.93. The van der Waals surface area contributed by atoms with E-state index in [1.165, 1.54) is 0 Å². The predicted molar refractivity (Wildman–Crippen MR) is 93.8 cm³/mol. The van der Waals surface area contributed by atoms with Crippen LogP contribution in [-0.2, 0) is 20.2 Å². The molecule has 0 radical (unpaired) electrons. The molecule has 0 N–H and O–H groups in total. The van der Waals surface area contributed by atoms with E-state index in [1.807, 2.05) is 0 Å². The lowest BCUT2D eigenvalue weighted by atomic mass is 9.86. The topological polar surface area (TPSA) is 18.5 Å². The van der Waals surface area contributed by atoms with Gasteiger partial charge in [-0.1, -0.05) is 36.4 Å². The van der Waals surface area contributed by atoms with Gasteiger partial charge in [-0.25, -0.2) is 0 Å². The molecule has 0 amide bonds. The largest absolute Gasteiger partial charge is 0.457 e. The zero-order valence-corrected chi connectivity index (χ0v) is 17.6. The van der Waals surface area contributed by atoms with Gasteiger partial charge in [0.25, 0.3) is 0 Å². The van der Waals surface area contributed by atoms with Crippen molar-refractivity contribution in [3.63, 3.8) is 0 Å². The number of rotatable bonds is 1. The van der Waals surface area contributed by atoms with E-state index < -0.39 is 71.3 Å². The van der Waals surface area contributed by atoms with Crippen LogP contribution in [0.2, 0.25) is 0 Å². The van der Waals surface area contributed by atoms with Crippen LogP contribution in [0.1, 0.15) is 11.1 Å². The summed E-state index contributed by atoms with van der Waals surface area (Å²) in [5.41, 5.74) is -15.0. The second-order valence-corrected chi connectivity index (χ2v) is 10.1. The standard InChI is InChI=1S/C19H8F14O2P/c20-15(21,19(31,32)33)13(16(22,23)24)9-5-1-3-7-11(9)36(34-13)12-8-4-2-6-10(12)14(35-36,17(25,26)27)18(28,29)30/h1-8H/q+1/t13-,36?/m1/s1. The van der Waals surface area contributed by atoms with E-state index in [0.29, 0.717) is 24.3 Å². The summed E-state index contributed by atoms with van der Waals surface area (Å²) < 4.78 is 205. The van der Waals surface area contributed by atoms with Crippen LogP contribution in [0.5, 0.6) is 0 Å². The van der Waals surface area contributed by atoms with Crippen molar-refractivity contribution in [3.05, 3.63) is 59.7 Å². The molecular formula is C19H8F14O2P+. The number of hydrogen-bond acceptors (Lipinski definition) is 2. The van der Waals surface area contributed by atoms with E-state index in [2.05, 4.69) is 9.05 Å². The molecule has 0 aromatic heterocycles. The SMILES string of the molecule is FC(F)(F)C1(C(F)(F)F)O[P+]2(O[C@@](C(F)(F)F)(C(F)(F)C(F)(F)F)c3ccccc32)c2ccccc21. The molecule has 4 rings (SSSR count). The molecule has 1 spiro atoms. The third kappa shape index (κ3) is 2.97. The Hall–Kier alpha value is -2.19. The predicted octanol–water partition coefficient (Wildman–Crippen LogP) is 6.82. The maximum Gasteiger partial charge on any atom is 0.457 e. The van der Waals surface area contributed by atoms with E-state index in [9.17, 15) is 61.5 Å². The van der Waals surface area contributed by atoms with Gasteiger partial charge in [0.1, 0.15) is 0 Å². The summed E-state index contributed by atoms with van der Waals surface area (Å²) >= 11 is 0. The van der Waals surface area contributed by atoms with Crippen LogP contribution in [0, 0.1) is 0 Å². The molecule has 198 valence electrons. The minimum Gasteiger partial charge on any atom is -0.192 e. The van der Waals surface area contributed by atoms with Crippen molar-refractivity contribution in [3.8, 4) is 0 Å². The van der Waals surface area contributed by atoms with E-state index in [1.54, 1.807) is 0 Å². The lowest BCUT2D eigenvalue weighted by Gasteiger charge is -2.37. The van der Waals surface area contributed by atoms with E-state index >= 15 is 0 Å². The Labute approximate surface area is 191 Å². The molecule has 2 aromatic rings. The lowest BCUT2D eigenvalue weighted by Crippen LogP contribution is -2.62. The summed E-state index contributed by atoms with van der Waals surface area (Å²) in [5, 5.41) is -2.81. The summed E-state index contributed by atoms with van der Waals surface area (Å²) in [7, 11) is -5.82. The molecule has 0 fully saturated rings. The third-order valence-electron chi connectivity index (χ3n) is 5.73. The normalized spacial score (nSPS) is 26.3. The fourth-order valence-electron chi connectivity index (χ4n) is 4.26. The molecular weight excluding hydrogens is 557 g/mol. The maximum absolute atomic E-state index is 14.7. The average molecular weight is 565 g/mol. The van der Waals surface area contributed by atoms with Crippen LogP contribution >= 0.6 is 7.72 Å². The van der Waals surface area contributed by atoms with Crippen molar-refractivity contribution in [1.29, 1.82) is 0 Å². The van der Waals surface area contributed by atoms with Gasteiger partial charge >= 0.3 is 49.5 Å². The van der Waals surface area contributed by atoms with Crippen molar-refractivity contribution in [2.24, 2.45) is 0 Å². The molecule has 2 aliphatic heterocycles. The third-order valence-corrected chi connectivity index (χ3v) is 8.84. The van der Waals surface area contributed by atoms with Crippen molar-refractivity contribution in [1.82, 2.24) is 0 Å². The molecule has 0 aliphatic carbocycles. The number of fused-ring (bicyclic) bond motifs is 4. The first-order valence-corrected chi connectivity index (χ1v) is 10.9. The fourth-order valence-corrected chi connectivity index (χ4v) is 8.01. The van der Waals surface area contributed by atoms with Crippen molar-refractivity contribution in [2.45, 2.75) is 41.8 Å². The minimum atomic E-state index is -7.01. The molecule has 2 nitrogen and oxygen atoms in total. The first kappa shape index (κ1) is 26.9. The quantitative estimate of drug-likeness (QED) is 0.279.